The molecule has 0 spiro atoms. The molecule has 1 unspecified atom stereocenters. The predicted molar refractivity (Wildman–Crippen MR) is 108 cm³/mol. The van der Waals surface area contributed by atoms with Crippen LogP contribution in [-0.4, -0.2) is 31.1 Å². The fourth-order valence-corrected chi connectivity index (χ4v) is 3.96. The average molecular weight is 411 g/mol. The van der Waals surface area contributed by atoms with Gasteiger partial charge >= 0.3 is 6.18 Å². The van der Waals surface area contributed by atoms with Crippen molar-refractivity contribution in [2.45, 2.75) is 38.4 Å². The van der Waals surface area contributed by atoms with Gasteiger partial charge in [-0.3, -0.25) is 4.90 Å². The Labute approximate surface area is 169 Å². The number of hydrogen-bond acceptors (Lipinski definition) is 2. The van der Waals surface area contributed by atoms with Crippen molar-refractivity contribution < 1.29 is 13.2 Å². The zero-order valence-electron chi connectivity index (χ0n) is 16.2. The molecule has 0 aliphatic carbocycles. The number of alkyl halides is 3. The largest absolute Gasteiger partial charge is 0.417 e. The van der Waals surface area contributed by atoms with Gasteiger partial charge in [-0.25, -0.2) is 0 Å². The highest BCUT2D eigenvalue weighted by molar-refractivity contribution is 6.31. The Hall–Kier alpha value is -1.56. The summed E-state index contributed by atoms with van der Waals surface area (Å²) >= 11 is 5.86. The summed E-state index contributed by atoms with van der Waals surface area (Å²) in [4.78, 5) is 2.26. The number of benzene rings is 2. The molecule has 0 aromatic heterocycles. The number of hydrogen-bond donors (Lipinski definition) is 1. The summed E-state index contributed by atoms with van der Waals surface area (Å²) in [5.74, 6) is 0.405. The fraction of sp³-hybridized carbons (Fsp3) is 0.455. The van der Waals surface area contributed by atoms with Crippen molar-refractivity contribution in [2.24, 2.45) is 0 Å². The molecule has 0 saturated carbocycles. The van der Waals surface area contributed by atoms with Crippen molar-refractivity contribution in [1.29, 1.82) is 0 Å². The minimum absolute atomic E-state index is 0.237. The topological polar surface area (TPSA) is 15.3 Å². The van der Waals surface area contributed by atoms with Gasteiger partial charge in [0, 0.05) is 19.6 Å². The van der Waals surface area contributed by atoms with Gasteiger partial charge in [-0.05, 0) is 47.7 Å². The van der Waals surface area contributed by atoms with Crippen LogP contribution in [0.15, 0.2) is 42.5 Å². The lowest BCUT2D eigenvalue weighted by atomic mass is 9.93. The molecule has 1 fully saturated rings. The van der Waals surface area contributed by atoms with Crippen molar-refractivity contribution in [1.82, 2.24) is 10.2 Å². The van der Waals surface area contributed by atoms with Crippen molar-refractivity contribution in [3.05, 3.63) is 69.7 Å². The highest BCUT2D eigenvalue weighted by Crippen LogP contribution is 2.38. The lowest BCUT2D eigenvalue weighted by molar-refractivity contribution is -0.137. The van der Waals surface area contributed by atoms with E-state index in [-0.39, 0.29) is 11.1 Å². The Balaban J connectivity index is 2.05. The van der Waals surface area contributed by atoms with Crippen LogP contribution in [0.2, 0.25) is 5.02 Å². The molecule has 1 saturated heterocycles. The van der Waals surface area contributed by atoms with Crippen LogP contribution < -0.4 is 5.32 Å². The molecule has 0 bridgehead atoms. The first-order chi connectivity index (χ1) is 13.3. The van der Waals surface area contributed by atoms with Crippen molar-refractivity contribution >= 4 is 11.6 Å². The summed E-state index contributed by atoms with van der Waals surface area (Å²) in [6.45, 7) is 7.60. The first kappa shape index (κ1) is 21.2. The smallest absolute Gasteiger partial charge is 0.315 e. The molecule has 1 atom stereocenters. The summed E-state index contributed by atoms with van der Waals surface area (Å²) in [7, 11) is 0. The van der Waals surface area contributed by atoms with Crippen LogP contribution in [0.5, 0.6) is 0 Å². The lowest BCUT2D eigenvalue weighted by Crippen LogP contribution is -2.33. The molecule has 1 heterocycles. The summed E-state index contributed by atoms with van der Waals surface area (Å²) in [5.41, 5.74) is 2.06. The van der Waals surface area contributed by atoms with Crippen molar-refractivity contribution in [3.8, 4) is 0 Å². The minimum atomic E-state index is -4.47. The zero-order chi connectivity index (χ0) is 20.3. The second kappa shape index (κ2) is 8.85. The molecule has 1 N–H and O–H groups in total. The van der Waals surface area contributed by atoms with Crippen LogP contribution in [0.25, 0.3) is 0 Å². The first-order valence-electron chi connectivity index (χ1n) is 9.68. The Morgan fingerprint density at radius 1 is 0.929 bits per heavy atom. The van der Waals surface area contributed by atoms with Crippen molar-refractivity contribution in [2.75, 3.05) is 26.2 Å². The molecule has 2 aromatic carbocycles. The Morgan fingerprint density at radius 3 is 2.21 bits per heavy atom. The van der Waals surface area contributed by atoms with E-state index >= 15 is 0 Å². The van der Waals surface area contributed by atoms with Gasteiger partial charge < -0.3 is 5.32 Å². The maximum Gasteiger partial charge on any atom is 0.417 e. The highest BCUT2D eigenvalue weighted by Gasteiger charge is 2.34. The molecule has 1 aliphatic heterocycles. The van der Waals surface area contributed by atoms with Gasteiger partial charge in [0.1, 0.15) is 0 Å². The van der Waals surface area contributed by atoms with Crippen LogP contribution in [0.3, 0.4) is 0 Å². The van der Waals surface area contributed by atoms with Crippen LogP contribution >= 0.6 is 11.6 Å². The van der Waals surface area contributed by atoms with Crippen LogP contribution in [0, 0.1) is 0 Å². The maximum absolute atomic E-state index is 13.4. The van der Waals surface area contributed by atoms with E-state index in [0.717, 1.165) is 38.2 Å². The monoisotopic (exact) mass is 410 g/mol. The summed E-state index contributed by atoms with van der Waals surface area (Å²) < 4.78 is 40.3. The third kappa shape index (κ3) is 4.88. The van der Waals surface area contributed by atoms with Crippen molar-refractivity contribution in [3.63, 3.8) is 0 Å². The maximum atomic E-state index is 13.4. The molecule has 152 valence electrons. The quantitative estimate of drug-likeness (QED) is 0.678. The van der Waals surface area contributed by atoms with Crippen LogP contribution in [0.4, 0.5) is 13.2 Å². The van der Waals surface area contributed by atoms with E-state index < -0.39 is 11.7 Å². The van der Waals surface area contributed by atoms with Gasteiger partial charge in [0.05, 0.1) is 16.6 Å². The normalized spacial score (nSPS) is 17.5. The molecule has 0 amide bonds. The summed E-state index contributed by atoms with van der Waals surface area (Å²) in [6, 6.07) is 12.3. The predicted octanol–water partition coefficient (Wildman–Crippen LogP) is 5.87. The molecule has 6 heteroatoms. The SMILES string of the molecule is CC(C)c1ccc(C(c2ccc(Cl)c(C(F)(F)F)c2)N2CCCNCC2)cc1. The Bertz CT molecular complexity index is 779. The van der Waals surface area contributed by atoms with Gasteiger partial charge in [0.2, 0.25) is 0 Å². The Morgan fingerprint density at radius 2 is 1.57 bits per heavy atom. The van der Waals surface area contributed by atoms with Crippen LogP contribution in [0.1, 0.15) is 54.5 Å². The average Bonchev–Trinajstić information content (AvgIpc) is 2.92. The fourth-order valence-electron chi connectivity index (χ4n) is 3.73. The zero-order valence-corrected chi connectivity index (χ0v) is 16.9. The van der Waals surface area contributed by atoms with Gasteiger partial charge in [-0.2, -0.15) is 13.2 Å². The molecular weight excluding hydrogens is 385 g/mol. The molecule has 2 aromatic rings. The summed E-state index contributed by atoms with van der Waals surface area (Å²) in [5, 5.41) is 3.10. The van der Waals surface area contributed by atoms with Gasteiger partial charge in [0.25, 0.3) is 0 Å². The second-order valence-electron chi connectivity index (χ2n) is 7.60. The first-order valence-corrected chi connectivity index (χ1v) is 10.1. The van der Waals surface area contributed by atoms with Gasteiger partial charge in [-0.1, -0.05) is 55.8 Å². The van der Waals surface area contributed by atoms with E-state index in [1.165, 1.54) is 17.7 Å². The van der Waals surface area contributed by atoms with Crippen LogP contribution in [-0.2, 0) is 6.18 Å². The molecular formula is C22H26ClF3N2. The third-order valence-electron chi connectivity index (χ3n) is 5.27. The van der Waals surface area contributed by atoms with E-state index in [0.29, 0.717) is 11.5 Å². The number of nitrogens with one attached hydrogen (secondary N) is 1. The standard InChI is InChI=1S/C22H26ClF3N2/c1-15(2)16-4-6-17(7-5-16)21(28-12-3-10-27-11-13-28)18-8-9-20(23)19(14-18)22(24,25)26/h4-9,14-15,21,27H,3,10-13H2,1-2H3. The molecule has 2 nitrogen and oxygen atoms in total. The van der Waals surface area contributed by atoms with E-state index in [4.69, 9.17) is 11.6 Å². The Kier molecular flexibility index (Phi) is 6.69. The number of rotatable bonds is 4. The lowest BCUT2D eigenvalue weighted by Gasteiger charge is -2.32. The molecule has 3 rings (SSSR count). The number of nitrogens with zero attached hydrogens (tertiary/aromatic N) is 1. The van der Waals surface area contributed by atoms with E-state index in [9.17, 15) is 13.2 Å². The van der Waals surface area contributed by atoms with E-state index in [1.807, 2.05) is 12.1 Å². The summed E-state index contributed by atoms with van der Waals surface area (Å²) in [6.07, 6.45) is -3.51. The van der Waals surface area contributed by atoms with Gasteiger partial charge in [0.15, 0.2) is 0 Å². The highest BCUT2D eigenvalue weighted by atomic mass is 35.5. The molecule has 0 radical (unpaired) electrons. The molecule has 28 heavy (non-hydrogen) atoms. The number of halogens is 4. The third-order valence-corrected chi connectivity index (χ3v) is 5.60. The second-order valence-corrected chi connectivity index (χ2v) is 8.01. The molecule has 1 aliphatic rings. The van der Waals surface area contributed by atoms with E-state index in [2.05, 4.69) is 36.2 Å². The van der Waals surface area contributed by atoms with E-state index in [1.54, 1.807) is 6.07 Å². The van der Waals surface area contributed by atoms with Gasteiger partial charge in [-0.15, -0.1) is 0 Å². The minimum Gasteiger partial charge on any atom is -0.315 e.